The molecule has 0 atom stereocenters. The fourth-order valence-corrected chi connectivity index (χ4v) is 3.56. The van der Waals surface area contributed by atoms with Crippen molar-refractivity contribution in [2.75, 3.05) is 20.8 Å². The smallest absolute Gasteiger partial charge is 0.343 e. The molecule has 1 fully saturated rings. The van der Waals surface area contributed by atoms with Gasteiger partial charge in [-0.25, -0.2) is 9.18 Å². The normalized spacial score (nSPS) is 14.9. The lowest BCUT2D eigenvalue weighted by molar-refractivity contribution is -0.143. The molecule has 9 heteroatoms. The van der Waals surface area contributed by atoms with E-state index in [4.69, 9.17) is 9.47 Å². The molecule has 0 N–H and O–H groups in total. The Morgan fingerprint density at radius 1 is 1.13 bits per heavy atom. The standard InChI is InChI=1S/C21H18FNO6S/c1-27-16-9-5-7-13(19(16)29-12-18(24)28-2)10-17-20(25)23(21(26)30-17)11-14-6-3-4-8-15(14)22/h3-10H,11-12H2,1-2H3/b17-10+. The number of esters is 1. The number of imide groups is 1. The van der Waals surface area contributed by atoms with Crippen LogP contribution in [-0.4, -0.2) is 42.8 Å². The molecule has 0 aliphatic carbocycles. The summed E-state index contributed by atoms with van der Waals surface area (Å²) < 4.78 is 29.3. The maximum absolute atomic E-state index is 13.9. The summed E-state index contributed by atoms with van der Waals surface area (Å²) in [6.07, 6.45) is 1.47. The Morgan fingerprint density at radius 3 is 2.60 bits per heavy atom. The number of carbonyl (C=O) groups is 3. The highest BCUT2D eigenvalue weighted by atomic mass is 32.2. The Balaban J connectivity index is 1.88. The molecule has 1 aliphatic heterocycles. The quantitative estimate of drug-likeness (QED) is 0.489. The van der Waals surface area contributed by atoms with Crippen molar-refractivity contribution in [1.29, 1.82) is 0 Å². The minimum atomic E-state index is -0.586. The predicted molar refractivity (Wildman–Crippen MR) is 108 cm³/mol. The van der Waals surface area contributed by atoms with Crippen LogP contribution >= 0.6 is 11.8 Å². The second-order valence-electron chi connectivity index (χ2n) is 6.10. The number of hydrogen-bond acceptors (Lipinski definition) is 7. The number of carbonyl (C=O) groups excluding carboxylic acids is 3. The highest BCUT2D eigenvalue weighted by Gasteiger charge is 2.35. The van der Waals surface area contributed by atoms with E-state index < -0.39 is 22.9 Å². The zero-order chi connectivity index (χ0) is 21.7. The van der Waals surface area contributed by atoms with Crippen LogP contribution in [0, 0.1) is 5.82 Å². The summed E-state index contributed by atoms with van der Waals surface area (Å²) in [5.41, 5.74) is 0.680. The van der Waals surface area contributed by atoms with Crippen LogP contribution in [0.4, 0.5) is 9.18 Å². The van der Waals surface area contributed by atoms with Crippen molar-refractivity contribution in [3.63, 3.8) is 0 Å². The maximum Gasteiger partial charge on any atom is 0.343 e. The minimum absolute atomic E-state index is 0.146. The molecule has 2 amide bonds. The number of rotatable bonds is 7. The van der Waals surface area contributed by atoms with E-state index in [2.05, 4.69) is 4.74 Å². The van der Waals surface area contributed by atoms with Crippen LogP contribution in [-0.2, 0) is 20.9 Å². The molecule has 30 heavy (non-hydrogen) atoms. The number of nitrogens with zero attached hydrogens (tertiary/aromatic N) is 1. The van der Waals surface area contributed by atoms with Crippen molar-refractivity contribution in [3.05, 3.63) is 64.3 Å². The zero-order valence-electron chi connectivity index (χ0n) is 16.2. The van der Waals surface area contributed by atoms with E-state index in [-0.39, 0.29) is 29.4 Å². The van der Waals surface area contributed by atoms with Crippen molar-refractivity contribution in [1.82, 2.24) is 4.90 Å². The summed E-state index contributed by atoms with van der Waals surface area (Å²) in [7, 11) is 2.67. The SMILES string of the molecule is COC(=O)COc1c(/C=C2/SC(=O)N(Cc3ccccc3F)C2=O)cccc1OC. The summed E-state index contributed by atoms with van der Waals surface area (Å²) in [4.78, 5) is 37.7. The van der Waals surface area contributed by atoms with Crippen LogP contribution in [0.5, 0.6) is 11.5 Å². The average Bonchev–Trinajstić information content (AvgIpc) is 3.01. The summed E-state index contributed by atoms with van der Waals surface area (Å²) in [5, 5.41) is -0.505. The molecule has 0 saturated carbocycles. The molecule has 1 saturated heterocycles. The Morgan fingerprint density at radius 2 is 1.90 bits per heavy atom. The summed E-state index contributed by atoms with van der Waals surface area (Å²) in [6.45, 7) is -0.523. The number of methoxy groups -OCH3 is 2. The van der Waals surface area contributed by atoms with Gasteiger partial charge in [0.05, 0.1) is 25.7 Å². The topological polar surface area (TPSA) is 82.1 Å². The first kappa shape index (κ1) is 21.4. The van der Waals surface area contributed by atoms with Crippen molar-refractivity contribution < 1.29 is 33.0 Å². The van der Waals surface area contributed by atoms with Gasteiger partial charge in [-0.2, -0.15) is 0 Å². The Labute approximate surface area is 176 Å². The fraction of sp³-hybridized carbons (Fsp3) is 0.190. The maximum atomic E-state index is 13.9. The van der Waals surface area contributed by atoms with E-state index in [0.29, 0.717) is 11.3 Å². The molecule has 1 heterocycles. The average molecular weight is 431 g/mol. The molecule has 0 unspecified atom stereocenters. The van der Waals surface area contributed by atoms with E-state index in [0.717, 1.165) is 16.7 Å². The van der Waals surface area contributed by atoms with Gasteiger partial charge in [0.15, 0.2) is 18.1 Å². The lowest BCUT2D eigenvalue weighted by atomic mass is 10.1. The number of halogens is 1. The van der Waals surface area contributed by atoms with Gasteiger partial charge in [-0.3, -0.25) is 14.5 Å². The van der Waals surface area contributed by atoms with Gasteiger partial charge < -0.3 is 14.2 Å². The van der Waals surface area contributed by atoms with E-state index >= 15 is 0 Å². The third-order valence-corrected chi connectivity index (χ3v) is 5.15. The summed E-state index contributed by atoms with van der Waals surface area (Å²) in [6, 6.07) is 10.9. The van der Waals surface area contributed by atoms with Gasteiger partial charge in [-0.05, 0) is 30.0 Å². The Hall–Kier alpha value is -3.33. The van der Waals surface area contributed by atoms with Crippen molar-refractivity contribution in [3.8, 4) is 11.5 Å². The van der Waals surface area contributed by atoms with Gasteiger partial charge in [-0.1, -0.05) is 30.3 Å². The van der Waals surface area contributed by atoms with Gasteiger partial charge in [-0.15, -0.1) is 0 Å². The molecule has 2 aromatic rings. The van der Waals surface area contributed by atoms with Crippen LogP contribution in [0.25, 0.3) is 6.08 Å². The number of thioether (sulfide) groups is 1. The van der Waals surface area contributed by atoms with Gasteiger partial charge in [0, 0.05) is 11.1 Å². The third-order valence-electron chi connectivity index (χ3n) is 4.24. The fourth-order valence-electron chi connectivity index (χ4n) is 2.73. The molecular weight excluding hydrogens is 413 g/mol. The van der Waals surface area contributed by atoms with Crippen molar-refractivity contribution in [2.24, 2.45) is 0 Å². The van der Waals surface area contributed by atoms with Crippen LogP contribution in [0.15, 0.2) is 47.4 Å². The second kappa shape index (κ2) is 9.45. The van der Waals surface area contributed by atoms with Gasteiger partial charge >= 0.3 is 5.97 Å². The third kappa shape index (κ3) is 4.62. The van der Waals surface area contributed by atoms with Crippen LogP contribution < -0.4 is 9.47 Å². The molecule has 1 aliphatic rings. The monoisotopic (exact) mass is 431 g/mol. The molecule has 0 bridgehead atoms. The molecule has 156 valence electrons. The minimum Gasteiger partial charge on any atom is -0.493 e. The number of benzene rings is 2. The van der Waals surface area contributed by atoms with Gasteiger partial charge in [0.25, 0.3) is 11.1 Å². The zero-order valence-corrected chi connectivity index (χ0v) is 17.0. The van der Waals surface area contributed by atoms with Crippen molar-refractivity contribution in [2.45, 2.75) is 6.54 Å². The lowest BCUT2D eigenvalue weighted by Crippen LogP contribution is -2.27. The molecular formula is C21H18FNO6S. The first-order chi connectivity index (χ1) is 14.4. The highest BCUT2D eigenvalue weighted by Crippen LogP contribution is 2.38. The Kier molecular flexibility index (Phi) is 6.73. The first-order valence-electron chi connectivity index (χ1n) is 8.80. The van der Waals surface area contributed by atoms with E-state index in [1.54, 1.807) is 24.3 Å². The molecule has 3 rings (SSSR count). The van der Waals surface area contributed by atoms with Crippen LogP contribution in [0.3, 0.4) is 0 Å². The number of amides is 2. The molecule has 7 nitrogen and oxygen atoms in total. The van der Waals surface area contributed by atoms with Crippen LogP contribution in [0.2, 0.25) is 0 Å². The summed E-state index contributed by atoms with van der Waals surface area (Å²) >= 11 is 0.741. The largest absolute Gasteiger partial charge is 0.493 e. The summed E-state index contributed by atoms with van der Waals surface area (Å²) in [5.74, 6) is -1.05. The predicted octanol–water partition coefficient (Wildman–Crippen LogP) is 3.62. The molecule has 0 spiro atoms. The van der Waals surface area contributed by atoms with E-state index in [1.807, 2.05) is 0 Å². The lowest BCUT2D eigenvalue weighted by Gasteiger charge is -2.13. The second-order valence-corrected chi connectivity index (χ2v) is 7.10. The molecule has 0 radical (unpaired) electrons. The van der Waals surface area contributed by atoms with Gasteiger partial charge in [0.2, 0.25) is 0 Å². The van der Waals surface area contributed by atoms with E-state index in [1.165, 1.54) is 38.5 Å². The number of hydrogen-bond donors (Lipinski definition) is 0. The Bertz CT molecular complexity index is 1020. The number of ether oxygens (including phenoxy) is 3. The molecule has 0 aromatic heterocycles. The van der Waals surface area contributed by atoms with Gasteiger partial charge in [0.1, 0.15) is 5.82 Å². The van der Waals surface area contributed by atoms with E-state index in [9.17, 15) is 18.8 Å². The molecule has 2 aromatic carbocycles. The van der Waals surface area contributed by atoms with Crippen molar-refractivity contribution >= 4 is 35.0 Å². The highest BCUT2D eigenvalue weighted by molar-refractivity contribution is 8.18. The first-order valence-corrected chi connectivity index (χ1v) is 9.61. The number of para-hydroxylation sites is 1. The van der Waals surface area contributed by atoms with Crippen LogP contribution in [0.1, 0.15) is 11.1 Å².